The van der Waals surface area contributed by atoms with Gasteiger partial charge in [0.2, 0.25) is 5.91 Å². The molecule has 0 radical (unpaired) electrons. The Bertz CT molecular complexity index is 859. The van der Waals surface area contributed by atoms with Gasteiger partial charge in [0.15, 0.2) is 0 Å². The molecule has 0 saturated heterocycles. The lowest BCUT2D eigenvalue weighted by Crippen LogP contribution is -2.46. The summed E-state index contributed by atoms with van der Waals surface area (Å²) in [6, 6.07) is 12.8. The van der Waals surface area contributed by atoms with E-state index in [4.69, 9.17) is 0 Å². The Morgan fingerprint density at radius 3 is 2.64 bits per heavy atom. The van der Waals surface area contributed by atoms with Gasteiger partial charge in [-0.15, -0.1) is 0 Å². The van der Waals surface area contributed by atoms with E-state index in [0.29, 0.717) is 19.6 Å². The van der Waals surface area contributed by atoms with Gasteiger partial charge in [0.1, 0.15) is 0 Å². The molecule has 1 heterocycles. The molecule has 6 heteroatoms. The van der Waals surface area contributed by atoms with Crippen LogP contribution in [0.25, 0.3) is 0 Å². The highest BCUT2D eigenvalue weighted by atomic mass is 79.9. The third kappa shape index (κ3) is 5.79. The van der Waals surface area contributed by atoms with E-state index >= 15 is 0 Å². The quantitative estimate of drug-likeness (QED) is 0.704. The van der Waals surface area contributed by atoms with Crippen molar-refractivity contribution in [1.29, 1.82) is 0 Å². The molecule has 0 unspecified atom stereocenters. The number of hydrogen-bond acceptors (Lipinski definition) is 3. The summed E-state index contributed by atoms with van der Waals surface area (Å²) in [5, 5.41) is 11.0. The first-order valence-electron chi connectivity index (χ1n) is 9.85. The summed E-state index contributed by atoms with van der Waals surface area (Å²) in [7, 11) is 0. The van der Waals surface area contributed by atoms with Crippen LogP contribution in [-0.2, 0) is 17.9 Å². The molecule has 28 heavy (non-hydrogen) atoms. The summed E-state index contributed by atoms with van der Waals surface area (Å²) in [5.74, 6) is -0.0465. The highest BCUT2D eigenvalue weighted by Crippen LogP contribution is 2.29. The van der Waals surface area contributed by atoms with Crippen molar-refractivity contribution >= 4 is 21.8 Å². The second-order valence-electron chi connectivity index (χ2n) is 7.65. The summed E-state index contributed by atoms with van der Waals surface area (Å²) in [6.45, 7) is 1.12. The molecule has 150 valence electrons. The van der Waals surface area contributed by atoms with Crippen molar-refractivity contribution in [3.8, 4) is 0 Å². The van der Waals surface area contributed by atoms with Crippen LogP contribution >= 0.6 is 15.9 Å². The van der Waals surface area contributed by atoms with Crippen LogP contribution in [0.5, 0.6) is 0 Å². The van der Waals surface area contributed by atoms with E-state index in [-0.39, 0.29) is 17.9 Å². The molecule has 0 aliphatic heterocycles. The van der Waals surface area contributed by atoms with Crippen LogP contribution in [0.2, 0.25) is 0 Å². The number of aryl methyl sites for hydroxylation is 1. The minimum Gasteiger partial charge on any atom is -0.388 e. The Hall–Kier alpha value is -1.92. The van der Waals surface area contributed by atoms with Crippen molar-refractivity contribution in [2.45, 2.75) is 57.2 Å². The van der Waals surface area contributed by atoms with Crippen molar-refractivity contribution in [3.05, 3.63) is 69.1 Å². The Balaban J connectivity index is 1.73. The molecule has 1 aromatic carbocycles. The van der Waals surface area contributed by atoms with Crippen LogP contribution in [0.1, 0.15) is 44.1 Å². The fourth-order valence-electron chi connectivity index (χ4n) is 3.83. The first kappa shape index (κ1) is 20.8. The molecule has 3 rings (SSSR count). The minimum atomic E-state index is -0.816. The van der Waals surface area contributed by atoms with Crippen LogP contribution in [0.3, 0.4) is 0 Å². The van der Waals surface area contributed by atoms with Crippen molar-refractivity contribution < 1.29 is 9.90 Å². The smallest absolute Gasteiger partial charge is 0.250 e. The summed E-state index contributed by atoms with van der Waals surface area (Å²) < 4.78 is 2.51. The normalized spacial score (nSPS) is 15.9. The summed E-state index contributed by atoms with van der Waals surface area (Å²) in [6.07, 6.45) is 6.51. The van der Waals surface area contributed by atoms with Crippen molar-refractivity contribution in [2.24, 2.45) is 0 Å². The van der Waals surface area contributed by atoms with E-state index in [2.05, 4.69) is 15.9 Å². The average Bonchev–Trinajstić information content (AvgIpc) is 2.67. The number of rotatable bonds is 7. The lowest BCUT2D eigenvalue weighted by Gasteiger charge is -2.37. The number of amides is 1. The van der Waals surface area contributed by atoms with Gasteiger partial charge in [-0.05, 0) is 36.6 Å². The topological polar surface area (TPSA) is 62.5 Å². The number of benzene rings is 1. The number of nitrogens with zero attached hydrogens (tertiary/aromatic N) is 2. The van der Waals surface area contributed by atoms with Gasteiger partial charge in [-0.3, -0.25) is 9.59 Å². The van der Waals surface area contributed by atoms with E-state index < -0.39 is 5.60 Å². The molecule has 1 aliphatic rings. The van der Waals surface area contributed by atoms with Gasteiger partial charge in [0.05, 0.1) is 5.60 Å². The largest absolute Gasteiger partial charge is 0.388 e. The van der Waals surface area contributed by atoms with Crippen LogP contribution in [-0.4, -0.2) is 32.6 Å². The number of carbonyl (C=O) groups excluding carboxylic acids is 1. The predicted molar refractivity (Wildman–Crippen MR) is 113 cm³/mol. The lowest BCUT2D eigenvalue weighted by atomic mass is 9.84. The van der Waals surface area contributed by atoms with E-state index in [9.17, 15) is 14.7 Å². The molecular weight excluding hydrogens is 420 g/mol. The standard InChI is InChI=1S/C22H27BrN2O3/c23-19-8-6-7-18(15-19)16-25(17-22(28)11-3-1-4-12-22)21(27)10-14-24-13-5-2-9-20(24)26/h2,5-9,13,15,28H,1,3-4,10-12,14,16-17H2. The number of hydrogen-bond donors (Lipinski definition) is 1. The van der Waals surface area contributed by atoms with Crippen LogP contribution in [0.4, 0.5) is 0 Å². The van der Waals surface area contributed by atoms with Gasteiger partial charge in [0.25, 0.3) is 5.56 Å². The summed E-state index contributed by atoms with van der Waals surface area (Å²) >= 11 is 3.48. The molecule has 1 aromatic heterocycles. The number of carbonyl (C=O) groups is 1. The minimum absolute atomic E-state index is 0.0465. The first-order valence-corrected chi connectivity index (χ1v) is 10.6. The zero-order chi connectivity index (χ0) is 20.0. The molecule has 1 saturated carbocycles. The molecule has 0 bridgehead atoms. The third-order valence-electron chi connectivity index (χ3n) is 5.35. The van der Waals surface area contributed by atoms with Gasteiger partial charge >= 0.3 is 0 Å². The van der Waals surface area contributed by atoms with E-state index in [0.717, 1.165) is 42.1 Å². The maximum absolute atomic E-state index is 13.0. The predicted octanol–water partition coefficient (Wildman–Crippen LogP) is 3.72. The van der Waals surface area contributed by atoms with Crippen molar-refractivity contribution in [3.63, 3.8) is 0 Å². The average molecular weight is 447 g/mol. The highest BCUT2D eigenvalue weighted by Gasteiger charge is 2.33. The maximum Gasteiger partial charge on any atom is 0.250 e. The second-order valence-corrected chi connectivity index (χ2v) is 8.56. The van der Waals surface area contributed by atoms with E-state index in [1.807, 2.05) is 24.3 Å². The molecule has 1 fully saturated rings. The van der Waals surface area contributed by atoms with Gasteiger partial charge in [-0.2, -0.15) is 0 Å². The summed E-state index contributed by atoms with van der Waals surface area (Å²) in [4.78, 5) is 26.7. The fourth-order valence-corrected chi connectivity index (χ4v) is 4.28. The molecule has 0 atom stereocenters. The van der Waals surface area contributed by atoms with Crippen LogP contribution in [0, 0.1) is 0 Å². The van der Waals surface area contributed by atoms with Crippen molar-refractivity contribution in [1.82, 2.24) is 9.47 Å². The molecule has 1 N–H and O–H groups in total. The Labute approximate surface area is 174 Å². The molecule has 0 spiro atoms. The Morgan fingerprint density at radius 2 is 1.93 bits per heavy atom. The van der Waals surface area contributed by atoms with Crippen LogP contribution < -0.4 is 5.56 Å². The van der Waals surface area contributed by atoms with E-state index in [1.165, 1.54) is 6.07 Å². The molecule has 1 aliphatic carbocycles. The van der Waals surface area contributed by atoms with Crippen molar-refractivity contribution in [2.75, 3.05) is 6.54 Å². The van der Waals surface area contributed by atoms with Crippen LogP contribution in [0.15, 0.2) is 57.9 Å². The molecule has 5 nitrogen and oxygen atoms in total. The zero-order valence-corrected chi connectivity index (χ0v) is 17.6. The molecule has 2 aromatic rings. The zero-order valence-electron chi connectivity index (χ0n) is 16.0. The number of aromatic nitrogens is 1. The van der Waals surface area contributed by atoms with Gasteiger partial charge in [-0.25, -0.2) is 0 Å². The monoisotopic (exact) mass is 446 g/mol. The summed E-state index contributed by atoms with van der Waals surface area (Å²) in [5.41, 5.74) is 0.0857. The third-order valence-corrected chi connectivity index (χ3v) is 5.84. The Morgan fingerprint density at radius 1 is 1.14 bits per heavy atom. The first-order chi connectivity index (χ1) is 13.5. The number of pyridine rings is 1. The number of aliphatic hydroxyl groups is 1. The van der Waals surface area contributed by atoms with Gasteiger partial charge < -0.3 is 14.6 Å². The fraction of sp³-hybridized carbons (Fsp3) is 0.455. The lowest BCUT2D eigenvalue weighted by molar-refractivity contribution is -0.137. The SMILES string of the molecule is O=C(CCn1ccccc1=O)N(Cc1cccc(Br)c1)CC1(O)CCCCC1. The van der Waals surface area contributed by atoms with E-state index in [1.54, 1.807) is 27.8 Å². The van der Waals surface area contributed by atoms with Gasteiger partial charge in [0, 0.05) is 42.8 Å². The highest BCUT2D eigenvalue weighted by molar-refractivity contribution is 9.10. The second kappa shape index (κ2) is 9.52. The number of halogens is 1. The molecular formula is C22H27BrN2O3. The molecule has 1 amide bonds. The maximum atomic E-state index is 13.0. The Kier molecular flexibility index (Phi) is 7.08. The van der Waals surface area contributed by atoms with Gasteiger partial charge in [-0.1, -0.05) is 53.4 Å².